The van der Waals surface area contributed by atoms with Gasteiger partial charge in [0.05, 0.1) is 24.2 Å². The van der Waals surface area contributed by atoms with Gasteiger partial charge >= 0.3 is 0 Å². The summed E-state index contributed by atoms with van der Waals surface area (Å²) in [5, 5.41) is 2.76. The smallest absolute Gasteiger partial charge is 0.255 e. The van der Waals surface area contributed by atoms with Gasteiger partial charge in [0, 0.05) is 24.4 Å². The zero-order valence-electron chi connectivity index (χ0n) is 17.7. The van der Waals surface area contributed by atoms with Crippen LogP contribution in [0.5, 0.6) is 11.5 Å². The first-order valence-corrected chi connectivity index (χ1v) is 11.8. The third kappa shape index (κ3) is 6.19. The van der Waals surface area contributed by atoms with E-state index in [0.29, 0.717) is 42.6 Å². The Balaban J connectivity index is 1.65. The van der Waals surface area contributed by atoms with Gasteiger partial charge in [0.1, 0.15) is 0 Å². The van der Waals surface area contributed by atoms with Crippen LogP contribution in [0.3, 0.4) is 0 Å². The first kappa shape index (κ1) is 23.1. The molecule has 0 radical (unpaired) electrons. The number of hydrogen-bond donors (Lipinski definition) is 2. The molecule has 3 rings (SSSR count). The number of carbonyl (C=O) groups excluding carboxylic acids is 1. The van der Waals surface area contributed by atoms with E-state index in [2.05, 4.69) is 10.0 Å². The van der Waals surface area contributed by atoms with Crippen molar-refractivity contribution in [3.63, 3.8) is 0 Å². The number of carbonyl (C=O) groups is 1. The van der Waals surface area contributed by atoms with Crippen molar-refractivity contribution in [1.82, 2.24) is 4.72 Å². The van der Waals surface area contributed by atoms with E-state index in [4.69, 9.17) is 14.2 Å². The van der Waals surface area contributed by atoms with E-state index < -0.39 is 10.0 Å². The summed E-state index contributed by atoms with van der Waals surface area (Å²) >= 11 is 0. The summed E-state index contributed by atoms with van der Waals surface area (Å²) in [4.78, 5) is 12.7. The Morgan fingerprint density at radius 1 is 1.06 bits per heavy atom. The highest BCUT2D eigenvalue weighted by Gasteiger charge is 2.20. The molecular weight excluding hydrogens is 420 g/mol. The molecule has 0 bridgehead atoms. The lowest BCUT2D eigenvalue weighted by Crippen LogP contribution is -2.31. The van der Waals surface area contributed by atoms with Gasteiger partial charge < -0.3 is 19.5 Å². The fourth-order valence-electron chi connectivity index (χ4n) is 3.20. The Morgan fingerprint density at radius 3 is 2.42 bits per heavy atom. The third-order valence-corrected chi connectivity index (χ3v) is 6.19. The number of sulfonamides is 1. The Morgan fingerprint density at radius 2 is 1.77 bits per heavy atom. The highest BCUT2D eigenvalue weighted by atomic mass is 32.2. The van der Waals surface area contributed by atoms with Crippen molar-refractivity contribution in [3.8, 4) is 11.5 Å². The van der Waals surface area contributed by atoms with Crippen LogP contribution in [0.1, 0.15) is 37.0 Å². The van der Waals surface area contributed by atoms with Crippen LogP contribution >= 0.6 is 0 Å². The van der Waals surface area contributed by atoms with Crippen molar-refractivity contribution >= 4 is 21.6 Å². The number of hydrogen-bond acceptors (Lipinski definition) is 6. The number of nitrogens with one attached hydrogen (secondary N) is 2. The number of rotatable bonds is 10. The van der Waals surface area contributed by atoms with Crippen LogP contribution in [0.4, 0.5) is 5.69 Å². The van der Waals surface area contributed by atoms with Gasteiger partial charge in [-0.05, 0) is 69.2 Å². The van der Waals surface area contributed by atoms with Crippen LogP contribution in [-0.2, 0) is 14.8 Å². The molecule has 8 nitrogen and oxygen atoms in total. The summed E-state index contributed by atoms with van der Waals surface area (Å²) in [6, 6.07) is 11.0. The SMILES string of the molecule is CCOc1ccc(C(=O)Nc2ccc(S(=O)(=O)NCC3CCCO3)cc2)cc1OCC. The summed E-state index contributed by atoms with van der Waals surface area (Å²) in [5.74, 6) is 0.734. The third-order valence-electron chi connectivity index (χ3n) is 4.75. The molecule has 1 aliphatic rings. The average molecular weight is 449 g/mol. The summed E-state index contributed by atoms with van der Waals surface area (Å²) in [6.45, 7) is 5.58. The normalized spacial score (nSPS) is 16.1. The average Bonchev–Trinajstić information content (AvgIpc) is 3.28. The zero-order valence-corrected chi connectivity index (χ0v) is 18.5. The Kier molecular flexibility index (Phi) is 7.89. The van der Waals surface area contributed by atoms with E-state index in [9.17, 15) is 13.2 Å². The van der Waals surface area contributed by atoms with Crippen molar-refractivity contribution in [1.29, 1.82) is 0 Å². The second-order valence-electron chi connectivity index (χ2n) is 6.99. The van der Waals surface area contributed by atoms with Gasteiger partial charge in [0.25, 0.3) is 5.91 Å². The fraction of sp³-hybridized carbons (Fsp3) is 0.409. The van der Waals surface area contributed by atoms with Crippen LogP contribution in [0, 0.1) is 0 Å². The van der Waals surface area contributed by atoms with E-state index in [0.717, 1.165) is 12.8 Å². The van der Waals surface area contributed by atoms with Crippen LogP contribution in [0.25, 0.3) is 0 Å². The zero-order chi connectivity index (χ0) is 22.3. The van der Waals surface area contributed by atoms with Crippen LogP contribution in [0.15, 0.2) is 47.4 Å². The van der Waals surface area contributed by atoms with Crippen LogP contribution < -0.4 is 19.5 Å². The minimum Gasteiger partial charge on any atom is -0.490 e. The molecule has 2 aromatic rings. The lowest BCUT2D eigenvalue weighted by atomic mass is 10.2. The van der Waals surface area contributed by atoms with Gasteiger partial charge in [-0.3, -0.25) is 4.79 Å². The van der Waals surface area contributed by atoms with Crippen molar-refractivity contribution in [3.05, 3.63) is 48.0 Å². The number of anilines is 1. The quantitative estimate of drug-likeness (QED) is 0.579. The molecule has 9 heteroatoms. The van der Waals surface area contributed by atoms with E-state index in [1.54, 1.807) is 30.3 Å². The maximum atomic E-state index is 12.6. The topological polar surface area (TPSA) is 103 Å². The molecule has 2 N–H and O–H groups in total. The maximum absolute atomic E-state index is 12.6. The van der Waals surface area contributed by atoms with Gasteiger partial charge in [-0.1, -0.05) is 0 Å². The summed E-state index contributed by atoms with van der Waals surface area (Å²) < 4.78 is 44.0. The van der Waals surface area contributed by atoms with Gasteiger partial charge in [0.2, 0.25) is 10.0 Å². The largest absolute Gasteiger partial charge is 0.490 e. The second-order valence-corrected chi connectivity index (χ2v) is 8.76. The van der Waals surface area contributed by atoms with E-state index in [-0.39, 0.29) is 23.5 Å². The minimum atomic E-state index is -3.64. The maximum Gasteiger partial charge on any atom is 0.255 e. The van der Waals surface area contributed by atoms with Gasteiger partial charge in [-0.25, -0.2) is 13.1 Å². The molecular formula is C22H28N2O6S. The van der Waals surface area contributed by atoms with Crippen molar-refractivity contribution < 1.29 is 27.4 Å². The number of benzene rings is 2. The molecule has 0 aliphatic carbocycles. The first-order chi connectivity index (χ1) is 14.9. The minimum absolute atomic E-state index is 0.0796. The Labute approximate surface area is 182 Å². The molecule has 1 atom stereocenters. The summed E-state index contributed by atoms with van der Waals surface area (Å²) in [7, 11) is -3.64. The lowest BCUT2D eigenvalue weighted by Gasteiger charge is -2.13. The molecule has 2 aromatic carbocycles. The molecule has 31 heavy (non-hydrogen) atoms. The highest BCUT2D eigenvalue weighted by molar-refractivity contribution is 7.89. The molecule has 0 saturated carbocycles. The first-order valence-electron chi connectivity index (χ1n) is 10.3. The monoisotopic (exact) mass is 448 g/mol. The molecule has 1 heterocycles. The van der Waals surface area contributed by atoms with Gasteiger partial charge in [-0.2, -0.15) is 0 Å². The van der Waals surface area contributed by atoms with Crippen LogP contribution in [-0.4, -0.2) is 46.8 Å². The van der Waals surface area contributed by atoms with E-state index in [1.165, 1.54) is 12.1 Å². The fourth-order valence-corrected chi connectivity index (χ4v) is 4.27. The predicted molar refractivity (Wildman–Crippen MR) is 117 cm³/mol. The molecule has 1 unspecified atom stereocenters. The number of ether oxygens (including phenoxy) is 3. The molecule has 0 aromatic heterocycles. The standard InChI is InChI=1S/C22H28N2O6S/c1-3-28-20-12-7-16(14-21(20)29-4-2)22(25)24-17-8-10-19(11-9-17)31(26,27)23-15-18-6-5-13-30-18/h7-12,14,18,23H,3-6,13,15H2,1-2H3,(H,24,25). The Hall–Kier alpha value is -2.62. The number of amides is 1. The van der Waals surface area contributed by atoms with Gasteiger partial charge in [0.15, 0.2) is 11.5 Å². The van der Waals surface area contributed by atoms with Crippen molar-refractivity contribution in [2.75, 3.05) is 31.7 Å². The molecule has 1 saturated heterocycles. The highest BCUT2D eigenvalue weighted by Crippen LogP contribution is 2.29. The van der Waals surface area contributed by atoms with Crippen LogP contribution in [0.2, 0.25) is 0 Å². The van der Waals surface area contributed by atoms with E-state index in [1.807, 2.05) is 13.8 Å². The van der Waals surface area contributed by atoms with Crippen molar-refractivity contribution in [2.45, 2.75) is 37.7 Å². The molecule has 1 fully saturated rings. The molecule has 1 amide bonds. The summed E-state index contributed by atoms with van der Waals surface area (Å²) in [6.07, 6.45) is 1.72. The van der Waals surface area contributed by atoms with Crippen molar-refractivity contribution in [2.24, 2.45) is 0 Å². The molecule has 0 spiro atoms. The lowest BCUT2D eigenvalue weighted by molar-refractivity contribution is 0.102. The molecule has 1 aliphatic heterocycles. The van der Waals surface area contributed by atoms with Gasteiger partial charge in [-0.15, -0.1) is 0 Å². The molecule has 168 valence electrons. The Bertz CT molecular complexity index is 986. The van der Waals surface area contributed by atoms with E-state index >= 15 is 0 Å². The second kappa shape index (κ2) is 10.6. The summed E-state index contributed by atoms with van der Waals surface area (Å²) in [5.41, 5.74) is 0.886. The predicted octanol–water partition coefficient (Wildman–Crippen LogP) is 3.19.